The molecule has 3 aromatic carbocycles. The summed E-state index contributed by atoms with van der Waals surface area (Å²) in [6.45, 7) is 1.98. The Balaban J connectivity index is 1.46. The van der Waals surface area contributed by atoms with Crippen molar-refractivity contribution in [2.75, 3.05) is 18.2 Å². The van der Waals surface area contributed by atoms with Crippen LogP contribution in [-0.2, 0) is 4.79 Å². The van der Waals surface area contributed by atoms with Crippen LogP contribution in [0.1, 0.15) is 5.56 Å². The molecule has 0 aliphatic rings. The number of aromatic nitrogens is 4. The number of ether oxygens (including phenoxy) is 1. The minimum atomic E-state index is -0.129. The predicted octanol–water partition coefficient (Wildman–Crippen LogP) is 3.86. The van der Waals surface area contributed by atoms with Crippen LogP contribution in [0.15, 0.2) is 65.8 Å². The quantitative estimate of drug-likeness (QED) is 0.491. The highest BCUT2D eigenvalue weighted by Gasteiger charge is 2.15. The third-order valence-corrected chi connectivity index (χ3v) is 5.29. The van der Waals surface area contributed by atoms with Gasteiger partial charge in [0, 0.05) is 5.69 Å². The van der Waals surface area contributed by atoms with E-state index < -0.39 is 0 Å². The van der Waals surface area contributed by atoms with Gasteiger partial charge in [-0.15, -0.1) is 5.10 Å². The molecule has 0 spiro atoms. The molecule has 0 radical (unpaired) electrons. The van der Waals surface area contributed by atoms with E-state index in [-0.39, 0.29) is 11.7 Å². The number of tetrazole rings is 1. The number of thioether (sulfide) groups is 1. The molecule has 4 rings (SSSR count). The van der Waals surface area contributed by atoms with Gasteiger partial charge < -0.3 is 10.1 Å². The van der Waals surface area contributed by atoms with Gasteiger partial charge in [-0.05, 0) is 58.0 Å². The molecule has 0 aliphatic carbocycles. The van der Waals surface area contributed by atoms with E-state index in [9.17, 15) is 4.79 Å². The zero-order valence-corrected chi connectivity index (χ0v) is 16.8. The van der Waals surface area contributed by atoms with Crippen molar-refractivity contribution in [3.63, 3.8) is 0 Å². The SMILES string of the molecule is COc1ccc(C)cc1-n1nnnc1SCC(=O)Nc1ccc2ccccc2c1. The molecule has 1 amide bonds. The fourth-order valence-electron chi connectivity index (χ4n) is 2.98. The molecule has 146 valence electrons. The molecule has 0 saturated heterocycles. The summed E-state index contributed by atoms with van der Waals surface area (Å²) in [6.07, 6.45) is 0. The molecule has 8 heteroatoms. The van der Waals surface area contributed by atoms with E-state index in [1.807, 2.05) is 67.6 Å². The lowest BCUT2D eigenvalue weighted by atomic mass is 10.1. The Morgan fingerprint density at radius 1 is 1.10 bits per heavy atom. The number of benzene rings is 3. The molecular formula is C21H19N5O2S. The van der Waals surface area contributed by atoms with Gasteiger partial charge in [-0.2, -0.15) is 4.68 Å². The first-order valence-corrected chi connectivity index (χ1v) is 9.97. The molecule has 0 bridgehead atoms. The van der Waals surface area contributed by atoms with Crippen LogP contribution in [-0.4, -0.2) is 39.0 Å². The zero-order chi connectivity index (χ0) is 20.2. The lowest BCUT2D eigenvalue weighted by Crippen LogP contribution is -2.14. The topological polar surface area (TPSA) is 81.9 Å². The highest BCUT2D eigenvalue weighted by atomic mass is 32.2. The van der Waals surface area contributed by atoms with Gasteiger partial charge in [0.25, 0.3) is 0 Å². The number of carbonyl (C=O) groups is 1. The molecule has 1 N–H and O–H groups in total. The Bertz CT molecular complexity index is 1170. The number of anilines is 1. The van der Waals surface area contributed by atoms with Gasteiger partial charge in [0.2, 0.25) is 11.1 Å². The highest BCUT2D eigenvalue weighted by molar-refractivity contribution is 7.99. The largest absolute Gasteiger partial charge is 0.494 e. The molecule has 0 fully saturated rings. The molecule has 1 aromatic heterocycles. The van der Waals surface area contributed by atoms with Gasteiger partial charge >= 0.3 is 0 Å². The molecule has 29 heavy (non-hydrogen) atoms. The Kier molecular flexibility index (Phi) is 5.44. The second-order valence-corrected chi connectivity index (χ2v) is 7.39. The Hall–Kier alpha value is -3.39. The smallest absolute Gasteiger partial charge is 0.234 e. The van der Waals surface area contributed by atoms with Crippen LogP contribution in [0.25, 0.3) is 16.5 Å². The average molecular weight is 405 g/mol. The van der Waals surface area contributed by atoms with E-state index >= 15 is 0 Å². The Morgan fingerprint density at radius 3 is 2.76 bits per heavy atom. The van der Waals surface area contributed by atoms with E-state index in [2.05, 4.69) is 20.8 Å². The van der Waals surface area contributed by atoms with Gasteiger partial charge in [-0.3, -0.25) is 4.79 Å². The fraction of sp³-hybridized carbons (Fsp3) is 0.143. The lowest BCUT2D eigenvalue weighted by molar-refractivity contribution is -0.113. The van der Waals surface area contributed by atoms with Crippen LogP contribution in [0.2, 0.25) is 0 Å². The third kappa shape index (κ3) is 4.22. The maximum absolute atomic E-state index is 12.4. The maximum atomic E-state index is 12.4. The number of fused-ring (bicyclic) bond motifs is 1. The number of methoxy groups -OCH3 is 1. The van der Waals surface area contributed by atoms with Gasteiger partial charge in [0.15, 0.2) is 0 Å². The molecular weight excluding hydrogens is 386 g/mol. The third-order valence-electron chi connectivity index (χ3n) is 4.37. The van der Waals surface area contributed by atoms with Gasteiger partial charge in [-0.25, -0.2) is 0 Å². The first-order valence-electron chi connectivity index (χ1n) is 8.99. The van der Waals surface area contributed by atoms with Gasteiger partial charge in [-0.1, -0.05) is 48.2 Å². The highest BCUT2D eigenvalue weighted by Crippen LogP contribution is 2.27. The number of carbonyl (C=O) groups excluding carboxylic acids is 1. The minimum Gasteiger partial charge on any atom is -0.494 e. The number of aryl methyl sites for hydroxylation is 1. The predicted molar refractivity (Wildman–Crippen MR) is 114 cm³/mol. The summed E-state index contributed by atoms with van der Waals surface area (Å²) in [7, 11) is 1.60. The summed E-state index contributed by atoms with van der Waals surface area (Å²) in [5.41, 5.74) is 2.55. The van der Waals surface area contributed by atoms with E-state index in [0.717, 1.165) is 27.7 Å². The summed E-state index contributed by atoms with van der Waals surface area (Å²) in [5, 5.41) is 17.5. The Morgan fingerprint density at radius 2 is 1.93 bits per heavy atom. The molecule has 1 heterocycles. The summed E-state index contributed by atoms with van der Waals surface area (Å²) in [6, 6.07) is 19.6. The van der Waals surface area contributed by atoms with Gasteiger partial charge in [0.05, 0.1) is 12.9 Å². The molecule has 0 atom stereocenters. The standard InChI is InChI=1S/C21H19N5O2S/c1-14-7-10-19(28-2)18(11-14)26-21(23-24-25-26)29-13-20(27)22-17-9-8-15-5-3-4-6-16(15)12-17/h3-12H,13H2,1-2H3,(H,22,27). The van der Waals surface area contributed by atoms with Crippen LogP contribution < -0.4 is 10.1 Å². The molecule has 7 nitrogen and oxygen atoms in total. The summed E-state index contributed by atoms with van der Waals surface area (Å²) < 4.78 is 7.00. The maximum Gasteiger partial charge on any atom is 0.234 e. The van der Waals surface area contributed by atoms with E-state index in [4.69, 9.17) is 4.74 Å². The first kappa shape index (κ1) is 18.9. The van der Waals surface area contributed by atoms with Crippen molar-refractivity contribution in [3.8, 4) is 11.4 Å². The summed E-state index contributed by atoms with van der Waals surface area (Å²) >= 11 is 1.26. The number of nitrogens with one attached hydrogen (secondary N) is 1. The summed E-state index contributed by atoms with van der Waals surface area (Å²) in [4.78, 5) is 12.4. The number of hydrogen-bond acceptors (Lipinski definition) is 6. The number of hydrogen-bond donors (Lipinski definition) is 1. The van der Waals surface area contributed by atoms with E-state index in [1.54, 1.807) is 11.8 Å². The van der Waals surface area contributed by atoms with Crippen LogP contribution in [0, 0.1) is 6.92 Å². The van der Waals surface area contributed by atoms with Gasteiger partial charge in [0.1, 0.15) is 11.4 Å². The van der Waals surface area contributed by atoms with Crippen molar-refractivity contribution in [2.45, 2.75) is 12.1 Å². The molecule has 0 aliphatic heterocycles. The van der Waals surface area contributed by atoms with Crippen molar-refractivity contribution in [1.29, 1.82) is 0 Å². The lowest BCUT2D eigenvalue weighted by Gasteiger charge is -2.10. The molecule has 0 saturated carbocycles. The molecule has 0 unspecified atom stereocenters. The van der Waals surface area contributed by atoms with Crippen molar-refractivity contribution in [3.05, 3.63) is 66.2 Å². The van der Waals surface area contributed by atoms with Crippen molar-refractivity contribution in [2.24, 2.45) is 0 Å². The first-order chi connectivity index (χ1) is 14.1. The van der Waals surface area contributed by atoms with Crippen LogP contribution in [0.4, 0.5) is 5.69 Å². The number of nitrogens with zero attached hydrogens (tertiary/aromatic N) is 4. The van der Waals surface area contributed by atoms with Crippen LogP contribution in [0.3, 0.4) is 0 Å². The minimum absolute atomic E-state index is 0.129. The summed E-state index contributed by atoms with van der Waals surface area (Å²) in [5.74, 6) is 0.711. The number of rotatable bonds is 6. The second kappa shape index (κ2) is 8.32. The zero-order valence-electron chi connectivity index (χ0n) is 16.0. The monoisotopic (exact) mass is 405 g/mol. The average Bonchev–Trinajstić information content (AvgIpc) is 3.20. The normalized spacial score (nSPS) is 10.8. The van der Waals surface area contributed by atoms with E-state index in [0.29, 0.717) is 10.9 Å². The fourth-order valence-corrected chi connectivity index (χ4v) is 3.66. The van der Waals surface area contributed by atoms with E-state index in [1.165, 1.54) is 11.8 Å². The Labute approximate surface area is 172 Å². The van der Waals surface area contributed by atoms with Crippen LogP contribution >= 0.6 is 11.8 Å². The van der Waals surface area contributed by atoms with Crippen molar-refractivity contribution < 1.29 is 9.53 Å². The number of amides is 1. The van der Waals surface area contributed by atoms with Crippen molar-refractivity contribution >= 4 is 34.1 Å². The molecule has 4 aromatic rings. The van der Waals surface area contributed by atoms with Crippen molar-refractivity contribution in [1.82, 2.24) is 20.2 Å². The second-order valence-electron chi connectivity index (χ2n) is 6.45. The van der Waals surface area contributed by atoms with Crippen LogP contribution in [0.5, 0.6) is 5.75 Å².